The van der Waals surface area contributed by atoms with Crippen molar-refractivity contribution in [3.05, 3.63) is 28.3 Å². The molecule has 2 saturated carbocycles. The first kappa shape index (κ1) is 12.0. The van der Waals surface area contributed by atoms with Crippen molar-refractivity contribution in [2.45, 2.75) is 38.2 Å². The van der Waals surface area contributed by atoms with Crippen LogP contribution in [0.4, 0.5) is 0 Å². The van der Waals surface area contributed by atoms with Crippen LogP contribution in [0.5, 0.6) is 5.75 Å². The lowest BCUT2D eigenvalue weighted by Gasteiger charge is -2.20. The zero-order valence-electron chi connectivity index (χ0n) is 10.9. The largest absolute Gasteiger partial charge is 0.493 e. The highest BCUT2D eigenvalue weighted by Gasteiger charge is 2.47. The Labute approximate surface area is 118 Å². The van der Waals surface area contributed by atoms with Crippen LogP contribution in [0.2, 0.25) is 5.02 Å². The van der Waals surface area contributed by atoms with E-state index in [9.17, 15) is 5.11 Å². The molecule has 0 saturated heterocycles. The highest BCUT2D eigenvalue weighted by molar-refractivity contribution is 6.30. The van der Waals surface area contributed by atoms with Crippen LogP contribution in [-0.2, 0) is 12.8 Å². The molecule has 4 rings (SSSR count). The Hall–Kier alpha value is -0.730. The summed E-state index contributed by atoms with van der Waals surface area (Å²) in [5.74, 6) is 3.30. The van der Waals surface area contributed by atoms with Crippen molar-refractivity contribution in [2.24, 2.45) is 17.8 Å². The van der Waals surface area contributed by atoms with Crippen LogP contribution in [0.15, 0.2) is 12.1 Å². The lowest BCUT2D eigenvalue weighted by molar-refractivity contribution is 0.103. The number of hydrogen-bond acceptors (Lipinski definition) is 2. The SMILES string of the molecule is OC(Cc1cc(Cl)cc2c1OCC2)C1CC2CC2C1. The molecule has 3 atom stereocenters. The van der Waals surface area contributed by atoms with E-state index in [1.165, 1.54) is 24.8 Å². The molecule has 2 nitrogen and oxygen atoms in total. The summed E-state index contributed by atoms with van der Waals surface area (Å²) in [5, 5.41) is 11.2. The molecule has 2 aliphatic carbocycles. The van der Waals surface area contributed by atoms with E-state index in [-0.39, 0.29) is 6.10 Å². The first-order chi connectivity index (χ1) is 9.20. The molecule has 1 aromatic carbocycles. The zero-order chi connectivity index (χ0) is 13.0. The van der Waals surface area contributed by atoms with E-state index in [0.717, 1.165) is 41.2 Å². The number of benzene rings is 1. The van der Waals surface area contributed by atoms with Gasteiger partial charge in [-0.15, -0.1) is 0 Å². The third kappa shape index (κ3) is 2.15. The minimum Gasteiger partial charge on any atom is -0.493 e. The van der Waals surface area contributed by atoms with Crippen LogP contribution in [0.25, 0.3) is 0 Å². The Bertz CT molecular complexity index is 504. The molecule has 0 bridgehead atoms. The van der Waals surface area contributed by atoms with Gasteiger partial charge in [0.25, 0.3) is 0 Å². The smallest absolute Gasteiger partial charge is 0.126 e. The predicted octanol–water partition coefficient (Wildman–Crippen LogP) is 3.22. The van der Waals surface area contributed by atoms with Crippen molar-refractivity contribution < 1.29 is 9.84 Å². The van der Waals surface area contributed by atoms with Gasteiger partial charge in [-0.25, -0.2) is 0 Å². The van der Waals surface area contributed by atoms with Gasteiger partial charge in [0.05, 0.1) is 12.7 Å². The number of aliphatic hydroxyl groups excluding tert-OH is 1. The van der Waals surface area contributed by atoms with E-state index in [2.05, 4.69) is 0 Å². The van der Waals surface area contributed by atoms with Crippen LogP contribution in [-0.4, -0.2) is 17.8 Å². The number of halogens is 1. The summed E-state index contributed by atoms with van der Waals surface area (Å²) in [5.41, 5.74) is 2.29. The second kappa shape index (κ2) is 4.39. The fraction of sp³-hybridized carbons (Fsp3) is 0.625. The number of fused-ring (bicyclic) bond motifs is 2. The maximum absolute atomic E-state index is 10.5. The lowest BCUT2D eigenvalue weighted by Crippen LogP contribution is -2.22. The van der Waals surface area contributed by atoms with Crippen molar-refractivity contribution in [1.29, 1.82) is 0 Å². The third-order valence-electron chi connectivity index (χ3n) is 5.08. The molecule has 3 heteroatoms. The topological polar surface area (TPSA) is 29.5 Å². The monoisotopic (exact) mass is 278 g/mol. The van der Waals surface area contributed by atoms with Gasteiger partial charge in [0.15, 0.2) is 0 Å². The van der Waals surface area contributed by atoms with Gasteiger partial charge in [0, 0.05) is 17.9 Å². The number of hydrogen-bond donors (Lipinski definition) is 1. The number of ether oxygens (including phenoxy) is 1. The summed E-state index contributed by atoms with van der Waals surface area (Å²) in [6.45, 7) is 0.742. The molecule has 1 N–H and O–H groups in total. The average molecular weight is 279 g/mol. The first-order valence-electron chi connectivity index (χ1n) is 7.33. The van der Waals surface area contributed by atoms with Crippen LogP contribution in [0.3, 0.4) is 0 Å². The first-order valence-corrected chi connectivity index (χ1v) is 7.70. The van der Waals surface area contributed by atoms with Gasteiger partial charge in [-0.1, -0.05) is 11.6 Å². The van der Waals surface area contributed by atoms with E-state index in [1.807, 2.05) is 12.1 Å². The number of aliphatic hydroxyl groups is 1. The van der Waals surface area contributed by atoms with Crippen molar-refractivity contribution >= 4 is 11.6 Å². The molecule has 0 spiro atoms. The standard InChI is InChI=1S/C16H19ClO2/c17-14-6-9-1-2-19-16(9)13(7-14)8-15(18)12-4-10-3-11(10)5-12/h6-7,10-12,15,18H,1-5,8H2. The molecule has 102 valence electrons. The molecule has 1 aromatic rings. The van der Waals surface area contributed by atoms with Crippen LogP contribution in [0, 0.1) is 17.8 Å². The Morgan fingerprint density at radius 3 is 2.84 bits per heavy atom. The zero-order valence-corrected chi connectivity index (χ0v) is 11.7. The molecule has 0 aromatic heterocycles. The van der Waals surface area contributed by atoms with Gasteiger partial charge >= 0.3 is 0 Å². The average Bonchev–Trinajstić information content (AvgIpc) is 2.80. The molecular weight excluding hydrogens is 260 g/mol. The highest BCUT2D eigenvalue weighted by Crippen LogP contribution is 2.55. The predicted molar refractivity (Wildman–Crippen MR) is 74.7 cm³/mol. The van der Waals surface area contributed by atoms with Gasteiger partial charge in [-0.2, -0.15) is 0 Å². The van der Waals surface area contributed by atoms with Gasteiger partial charge in [-0.3, -0.25) is 0 Å². The molecule has 1 aliphatic heterocycles. The van der Waals surface area contributed by atoms with Gasteiger partial charge < -0.3 is 9.84 Å². The fourth-order valence-electron chi connectivity index (χ4n) is 3.97. The van der Waals surface area contributed by atoms with Gasteiger partial charge in [0.2, 0.25) is 0 Å². The van der Waals surface area contributed by atoms with Gasteiger partial charge in [-0.05, 0) is 60.3 Å². The Morgan fingerprint density at radius 2 is 2.05 bits per heavy atom. The summed E-state index contributed by atoms with van der Waals surface area (Å²) >= 11 is 6.16. The Morgan fingerprint density at radius 1 is 1.26 bits per heavy atom. The maximum Gasteiger partial charge on any atom is 0.126 e. The van der Waals surface area contributed by atoms with E-state index in [1.54, 1.807) is 0 Å². The second-order valence-electron chi connectivity index (χ2n) is 6.41. The molecule has 3 aliphatic rings. The summed E-state index contributed by atoms with van der Waals surface area (Å²) in [7, 11) is 0. The van der Waals surface area contributed by atoms with Crippen LogP contribution >= 0.6 is 11.6 Å². The minimum absolute atomic E-state index is 0.237. The van der Waals surface area contributed by atoms with Crippen LogP contribution in [0.1, 0.15) is 30.4 Å². The third-order valence-corrected chi connectivity index (χ3v) is 5.30. The molecule has 2 fully saturated rings. The van der Waals surface area contributed by atoms with E-state index < -0.39 is 0 Å². The quantitative estimate of drug-likeness (QED) is 0.920. The summed E-state index contributed by atoms with van der Waals surface area (Å²) in [4.78, 5) is 0. The van der Waals surface area contributed by atoms with E-state index in [0.29, 0.717) is 12.3 Å². The van der Waals surface area contributed by atoms with E-state index >= 15 is 0 Å². The Kier molecular flexibility index (Phi) is 2.78. The molecule has 0 radical (unpaired) electrons. The number of rotatable bonds is 3. The highest BCUT2D eigenvalue weighted by atomic mass is 35.5. The normalized spacial score (nSPS) is 32.6. The van der Waals surface area contributed by atoms with Crippen LogP contribution < -0.4 is 4.74 Å². The molecule has 0 amide bonds. The minimum atomic E-state index is -0.237. The van der Waals surface area contributed by atoms with Crippen molar-refractivity contribution in [1.82, 2.24) is 0 Å². The van der Waals surface area contributed by atoms with E-state index in [4.69, 9.17) is 16.3 Å². The van der Waals surface area contributed by atoms with Crippen molar-refractivity contribution in [3.63, 3.8) is 0 Å². The maximum atomic E-state index is 10.5. The summed E-state index contributed by atoms with van der Waals surface area (Å²) < 4.78 is 5.71. The molecular formula is C16H19ClO2. The lowest BCUT2D eigenvalue weighted by atomic mass is 9.91. The molecule has 3 unspecified atom stereocenters. The van der Waals surface area contributed by atoms with Crippen molar-refractivity contribution in [2.75, 3.05) is 6.61 Å². The fourth-order valence-corrected chi connectivity index (χ4v) is 4.23. The Balaban J connectivity index is 1.53. The molecule has 19 heavy (non-hydrogen) atoms. The second-order valence-corrected chi connectivity index (χ2v) is 6.85. The molecule has 1 heterocycles. The van der Waals surface area contributed by atoms with Crippen molar-refractivity contribution in [3.8, 4) is 5.75 Å². The van der Waals surface area contributed by atoms with Gasteiger partial charge in [0.1, 0.15) is 5.75 Å². The summed E-state index contributed by atoms with van der Waals surface area (Å²) in [6.07, 6.45) is 5.23. The summed E-state index contributed by atoms with van der Waals surface area (Å²) in [6, 6.07) is 3.95.